The summed E-state index contributed by atoms with van der Waals surface area (Å²) >= 11 is 0. The Morgan fingerprint density at radius 3 is 2.39 bits per heavy atom. The van der Waals surface area contributed by atoms with Crippen molar-refractivity contribution in [3.63, 3.8) is 0 Å². The highest BCUT2D eigenvalue weighted by molar-refractivity contribution is 5.81. The Kier molecular flexibility index (Phi) is 6.48. The van der Waals surface area contributed by atoms with E-state index in [1.165, 1.54) is 11.1 Å². The van der Waals surface area contributed by atoms with Gasteiger partial charge in [0.1, 0.15) is 0 Å². The maximum Gasteiger partial charge on any atom is 0.320 e. The molecule has 0 spiro atoms. The van der Waals surface area contributed by atoms with E-state index in [0.717, 1.165) is 64.7 Å². The monoisotopic (exact) mass is 490 g/mol. The van der Waals surface area contributed by atoms with Gasteiger partial charge in [-0.3, -0.25) is 9.59 Å². The van der Waals surface area contributed by atoms with Crippen LogP contribution in [-0.4, -0.2) is 89.3 Å². The number of carbonyl (C=O) groups is 3. The van der Waals surface area contributed by atoms with E-state index in [2.05, 4.69) is 40.1 Å². The summed E-state index contributed by atoms with van der Waals surface area (Å²) in [6.07, 6.45) is 8.50. The lowest BCUT2D eigenvalue weighted by Crippen LogP contribution is -2.62. The van der Waals surface area contributed by atoms with Crippen LogP contribution in [0, 0.1) is 17.8 Å². The number of rotatable bonds is 2. The predicted octanol–water partition coefficient (Wildman–Crippen LogP) is 3.47. The summed E-state index contributed by atoms with van der Waals surface area (Å²) in [4.78, 5) is 47.2. The molecular formula is C29H38N4O3. The van der Waals surface area contributed by atoms with Crippen molar-refractivity contribution < 1.29 is 14.4 Å². The topological polar surface area (TPSA) is 64.2 Å². The van der Waals surface area contributed by atoms with E-state index in [-0.39, 0.29) is 17.9 Å². The summed E-state index contributed by atoms with van der Waals surface area (Å²) in [5, 5.41) is 0. The van der Waals surface area contributed by atoms with Gasteiger partial charge in [0.15, 0.2) is 0 Å². The van der Waals surface area contributed by atoms with Crippen molar-refractivity contribution in [3.05, 3.63) is 42.0 Å². The zero-order chi connectivity index (χ0) is 24.6. The van der Waals surface area contributed by atoms with Crippen molar-refractivity contribution in [2.24, 2.45) is 17.8 Å². The van der Waals surface area contributed by atoms with Crippen LogP contribution < -0.4 is 0 Å². The van der Waals surface area contributed by atoms with Gasteiger partial charge in [0.25, 0.3) is 0 Å². The molecule has 2 bridgehead atoms. The molecule has 4 fully saturated rings. The number of urea groups is 1. The summed E-state index contributed by atoms with van der Waals surface area (Å²) in [7, 11) is 0. The summed E-state index contributed by atoms with van der Waals surface area (Å²) in [6, 6.07) is 10.9. The van der Waals surface area contributed by atoms with Crippen LogP contribution in [0.4, 0.5) is 4.79 Å². The molecule has 5 aliphatic heterocycles. The standard InChI is InChI=1S/C29H38N4O3/c34-27-8-4-7-26-25-17-21(19-33(26)27)18-32(20-25)29(36)31-15-11-24(12-16-31)28(35)30-13-9-23(10-14-30)22-5-2-1-3-6-22/h1-3,5-6,9,21,24-26H,4,7-8,10-20H2/t21?,25?,26-/m1/s1. The lowest BCUT2D eigenvalue weighted by atomic mass is 9.76. The molecule has 3 atom stereocenters. The van der Waals surface area contributed by atoms with Crippen molar-refractivity contribution >= 4 is 23.4 Å². The van der Waals surface area contributed by atoms with Crippen LogP contribution in [0.15, 0.2) is 36.4 Å². The third kappa shape index (κ3) is 4.53. The molecule has 0 N–H and O–H groups in total. The van der Waals surface area contributed by atoms with E-state index in [9.17, 15) is 14.4 Å². The molecule has 1 aromatic rings. The summed E-state index contributed by atoms with van der Waals surface area (Å²) < 4.78 is 0. The predicted molar refractivity (Wildman–Crippen MR) is 138 cm³/mol. The lowest BCUT2D eigenvalue weighted by molar-refractivity contribution is -0.144. The fourth-order valence-electron chi connectivity index (χ4n) is 7.33. The van der Waals surface area contributed by atoms with Crippen LogP contribution in [0.25, 0.3) is 5.57 Å². The van der Waals surface area contributed by atoms with Crippen LogP contribution in [0.2, 0.25) is 0 Å². The molecule has 2 unspecified atom stereocenters. The number of amides is 4. The minimum Gasteiger partial charge on any atom is -0.339 e. The first kappa shape index (κ1) is 23.6. The van der Waals surface area contributed by atoms with Gasteiger partial charge in [0.05, 0.1) is 0 Å². The average molecular weight is 491 g/mol. The Labute approximate surface area is 214 Å². The van der Waals surface area contributed by atoms with E-state index in [4.69, 9.17) is 0 Å². The van der Waals surface area contributed by atoms with Gasteiger partial charge in [-0.1, -0.05) is 36.4 Å². The zero-order valence-corrected chi connectivity index (χ0v) is 21.2. The second-order valence-electron chi connectivity index (χ2n) is 11.4. The number of hydrogen-bond acceptors (Lipinski definition) is 3. The molecule has 0 aromatic heterocycles. The van der Waals surface area contributed by atoms with Crippen LogP contribution in [-0.2, 0) is 9.59 Å². The minimum atomic E-state index is 0.0169. The van der Waals surface area contributed by atoms with Crippen LogP contribution in [0.3, 0.4) is 0 Å². The van der Waals surface area contributed by atoms with Gasteiger partial charge in [-0.2, -0.15) is 0 Å². The first-order chi connectivity index (χ1) is 17.6. The van der Waals surface area contributed by atoms with E-state index in [1.807, 2.05) is 15.9 Å². The molecule has 192 valence electrons. The molecule has 5 aliphatic rings. The van der Waals surface area contributed by atoms with Gasteiger partial charge in [0, 0.05) is 64.2 Å². The second-order valence-corrected chi connectivity index (χ2v) is 11.4. The average Bonchev–Trinajstić information content (AvgIpc) is 2.93. The Morgan fingerprint density at radius 2 is 1.64 bits per heavy atom. The van der Waals surface area contributed by atoms with E-state index >= 15 is 0 Å². The van der Waals surface area contributed by atoms with Gasteiger partial charge >= 0.3 is 6.03 Å². The lowest BCUT2D eigenvalue weighted by Gasteiger charge is -2.53. The zero-order valence-electron chi connectivity index (χ0n) is 21.2. The molecule has 7 heteroatoms. The smallest absolute Gasteiger partial charge is 0.320 e. The number of piperidine rings is 4. The number of benzene rings is 1. The molecule has 0 saturated carbocycles. The van der Waals surface area contributed by atoms with Crippen molar-refractivity contribution in [2.45, 2.75) is 51.0 Å². The first-order valence-corrected chi connectivity index (χ1v) is 13.9. The molecule has 5 heterocycles. The quantitative estimate of drug-likeness (QED) is 0.638. The number of hydrogen-bond donors (Lipinski definition) is 0. The normalized spacial score (nSPS) is 29.1. The van der Waals surface area contributed by atoms with Gasteiger partial charge in [-0.25, -0.2) is 4.79 Å². The van der Waals surface area contributed by atoms with Gasteiger partial charge in [-0.05, 0) is 61.5 Å². The molecular weight excluding hydrogens is 452 g/mol. The second kappa shape index (κ2) is 9.91. The van der Waals surface area contributed by atoms with Crippen molar-refractivity contribution in [3.8, 4) is 0 Å². The molecule has 4 saturated heterocycles. The fraction of sp³-hybridized carbons (Fsp3) is 0.621. The van der Waals surface area contributed by atoms with Gasteiger partial charge < -0.3 is 19.6 Å². The summed E-state index contributed by atoms with van der Waals surface area (Å²) in [5.74, 6) is 1.40. The highest BCUT2D eigenvalue weighted by Gasteiger charge is 2.45. The van der Waals surface area contributed by atoms with Crippen LogP contribution in [0.5, 0.6) is 0 Å². The Hall–Kier alpha value is -2.83. The highest BCUT2D eigenvalue weighted by atomic mass is 16.2. The maximum absolute atomic E-state index is 13.4. The molecule has 7 nitrogen and oxygen atoms in total. The van der Waals surface area contributed by atoms with E-state index < -0.39 is 0 Å². The van der Waals surface area contributed by atoms with Gasteiger partial charge in [-0.15, -0.1) is 0 Å². The molecule has 6 rings (SSSR count). The third-order valence-corrected chi connectivity index (χ3v) is 9.23. The Balaban J connectivity index is 1.01. The molecule has 0 aliphatic carbocycles. The molecule has 0 radical (unpaired) electrons. The largest absolute Gasteiger partial charge is 0.339 e. The van der Waals surface area contributed by atoms with Gasteiger partial charge in [0.2, 0.25) is 11.8 Å². The van der Waals surface area contributed by atoms with E-state index in [1.54, 1.807) is 0 Å². The fourth-order valence-corrected chi connectivity index (χ4v) is 7.33. The molecule has 36 heavy (non-hydrogen) atoms. The maximum atomic E-state index is 13.4. The first-order valence-electron chi connectivity index (χ1n) is 13.9. The Morgan fingerprint density at radius 1 is 0.833 bits per heavy atom. The SMILES string of the molecule is O=C(C1CCN(C(=O)N2CC3CC(C2)[C@H]2CCCC(=O)N2C3)CC1)N1CC=C(c2ccccc2)CC1. The van der Waals surface area contributed by atoms with Crippen molar-refractivity contribution in [1.29, 1.82) is 0 Å². The van der Waals surface area contributed by atoms with E-state index in [0.29, 0.717) is 49.8 Å². The van der Waals surface area contributed by atoms with Crippen LogP contribution >= 0.6 is 0 Å². The number of nitrogens with zero attached hydrogens (tertiary/aromatic N) is 4. The summed E-state index contributed by atoms with van der Waals surface area (Å²) in [5.41, 5.74) is 2.58. The number of likely N-dealkylation sites (tertiary alicyclic amines) is 2. The molecule has 4 amide bonds. The number of fused-ring (bicyclic) bond motifs is 4. The minimum absolute atomic E-state index is 0.0169. The van der Waals surface area contributed by atoms with Crippen LogP contribution in [0.1, 0.15) is 50.5 Å². The Bertz CT molecular complexity index is 1030. The molecule has 1 aromatic carbocycles. The van der Waals surface area contributed by atoms with Crippen molar-refractivity contribution in [1.82, 2.24) is 19.6 Å². The third-order valence-electron chi connectivity index (χ3n) is 9.23. The van der Waals surface area contributed by atoms with Crippen molar-refractivity contribution in [2.75, 3.05) is 45.8 Å². The highest BCUT2D eigenvalue weighted by Crippen LogP contribution is 2.38. The summed E-state index contributed by atoms with van der Waals surface area (Å²) in [6.45, 7) is 5.12. The number of carbonyl (C=O) groups excluding carboxylic acids is 3.